The lowest BCUT2D eigenvalue weighted by molar-refractivity contribution is -0.124. The van der Waals surface area contributed by atoms with Gasteiger partial charge >= 0.3 is 6.09 Å². The number of rotatable bonds is 8. The summed E-state index contributed by atoms with van der Waals surface area (Å²) in [5.74, 6) is -3.09. The largest absolute Gasteiger partial charge is 0.505 e. The fourth-order valence-corrected chi connectivity index (χ4v) is 2.85. The summed E-state index contributed by atoms with van der Waals surface area (Å²) in [7, 11) is 0. The molecule has 164 valence electrons. The maximum Gasteiger partial charge on any atom is 0.414 e. The standard InChI is InChI=1S/C22H23FN2O6/c1-14(7-5-6-10-19(27)25-30)20(16-11-12-18(26)17(23)13-16)31-22(29)24-21(28)15-8-3-2-4-9-15/h2-4,6,8-14,20,26,30H,5,7H2,1H3,(H,25,27)(H,24,28,29)/b10-6+/t14-,20-/m1/s1. The van der Waals surface area contributed by atoms with E-state index in [1.807, 2.05) is 0 Å². The first kappa shape index (κ1) is 23.6. The Kier molecular flexibility index (Phi) is 8.71. The summed E-state index contributed by atoms with van der Waals surface area (Å²) in [4.78, 5) is 35.5. The third-order valence-electron chi connectivity index (χ3n) is 4.47. The number of imide groups is 1. The number of carbonyl (C=O) groups excluding carboxylic acids is 3. The number of hydroxylamine groups is 1. The Morgan fingerprint density at radius 3 is 2.52 bits per heavy atom. The Morgan fingerprint density at radius 1 is 1.16 bits per heavy atom. The number of phenolic OH excluding ortho intramolecular Hbond substituents is 1. The van der Waals surface area contributed by atoms with Gasteiger partial charge in [-0.15, -0.1) is 0 Å². The third-order valence-corrected chi connectivity index (χ3v) is 4.47. The third kappa shape index (κ3) is 7.23. The second-order valence-corrected chi connectivity index (χ2v) is 6.79. The molecule has 8 nitrogen and oxygen atoms in total. The van der Waals surface area contributed by atoms with Crippen LogP contribution < -0.4 is 10.8 Å². The number of hydrogen-bond acceptors (Lipinski definition) is 6. The molecule has 2 aromatic rings. The van der Waals surface area contributed by atoms with Gasteiger partial charge in [-0.2, -0.15) is 0 Å². The summed E-state index contributed by atoms with van der Waals surface area (Å²) in [5.41, 5.74) is 2.03. The van der Waals surface area contributed by atoms with Crippen LogP contribution in [-0.2, 0) is 9.53 Å². The molecular formula is C22H23FN2O6. The Bertz CT molecular complexity index is 948. The van der Waals surface area contributed by atoms with E-state index in [-0.39, 0.29) is 11.5 Å². The van der Waals surface area contributed by atoms with Crippen LogP contribution in [0.3, 0.4) is 0 Å². The quantitative estimate of drug-likeness (QED) is 0.288. The number of hydrogen-bond donors (Lipinski definition) is 4. The number of carbonyl (C=O) groups is 3. The molecule has 31 heavy (non-hydrogen) atoms. The van der Waals surface area contributed by atoms with Crippen molar-refractivity contribution in [2.24, 2.45) is 5.92 Å². The second-order valence-electron chi connectivity index (χ2n) is 6.79. The highest BCUT2D eigenvalue weighted by Crippen LogP contribution is 2.31. The zero-order valence-electron chi connectivity index (χ0n) is 16.7. The molecule has 0 saturated heterocycles. The van der Waals surface area contributed by atoms with Gasteiger partial charge < -0.3 is 9.84 Å². The number of ether oxygens (including phenoxy) is 1. The van der Waals surface area contributed by atoms with Crippen LogP contribution in [-0.4, -0.2) is 28.2 Å². The van der Waals surface area contributed by atoms with E-state index in [1.54, 1.807) is 25.1 Å². The highest BCUT2D eigenvalue weighted by Gasteiger charge is 2.25. The lowest BCUT2D eigenvalue weighted by atomic mass is 9.93. The van der Waals surface area contributed by atoms with Crippen LogP contribution >= 0.6 is 0 Å². The number of benzene rings is 2. The van der Waals surface area contributed by atoms with Gasteiger partial charge in [-0.1, -0.05) is 37.3 Å². The molecule has 2 atom stereocenters. The number of aromatic hydroxyl groups is 1. The van der Waals surface area contributed by atoms with Gasteiger partial charge in [-0.05, 0) is 48.6 Å². The van der Waals surface area contributed by atoms with Gasteiger partial charge in [0.2, 0.25) is 0 Å². The van der Waals surface area contributed by atoms with Crippen molar-refractivity contribution in [3.05, 3.63) is 77.6 Å². The van der Waals surface area contributed by atoms with E-state index >= 15 is 0 Å². The predicted octanol–water partition coefficient (Wildman–Crippen LogP) is 3.62. The molecule has 0 aromatic heterocycles. The van der Waals surface area contributed by atoms with Crippen LogP contribution in [0.15, 0.2) is 60.7 Å². The van der Waals surface area contributed by atoms with Crippen LogP contribution in [0.1, 0.15) is 41.8 Å². The number of amides is 3. The summed E-state index contributed by atoms with van der Waals surface area (Å²) in [6.45, 7) is 1.75. The summed E-state index contributed by atoms with van der Waals surface area (Å²) < 4.78 is 19.3. The van der Waals surface area contributed by atoms with Crippen molar-refractivity contribution < 1.29 is 33.8 Å². The maximum absolute atomic E-state index is 13.9. The SMILES string of the molecule is C[C@H](CC/C=C/C(=O)NO)[C@@H](OC(=O)NC(=O)c1ccccc1)c1ccc(O)c(F)c1. The first-order valence-corrected chi connectivity index (χ1v) is 9.47. The van der Waals surface area contributed by atoms with Crippen molar-refractivity contribution >= 4 is 17.9 Å². The van der Waals surface area contributed by atoms with Crippen molar-refractivity contribution in [2.75, 3.05) is 0 Å². The average Bonchev–Trinajstić information content (AvgIpc) is 2.77. The molecule has 0 fully saturated rings. The van der Waals surface area contributed by atoms with Gasteiger partial charge in [0, 0.05) is 11.6 Å². The van der Waals surface area contributed by atoms with Crippen LogP contribution in [0.4, 0.5) is 9.18 Å². The summed E-state index contributed by atoms with van der Waals surface area (Å²) in [6.07, 6.45) is 1.57. The summed E-state index contributed by atoms with van der Waals surface area (Å²) in [5, 5.41) is 20.0. The highest BCUT2D eigenvalue weighted by molar-refractivity contribution is 6.02. The van der Waals surface area contributed by atoms with E-state index < -0.39 is 35.6 Å². The van der Waals surface area contributed by atoms with Crippen molar-refractivity contribution in [1.29, 1.82) is 0 Å². The topological polar surface area (TPSA) is 125 Å². The predicted molar refractivity (Wildman–Crippen MR) is 109 cm³/mol. The minimum Gasteiger partial charge on any atom is -0.505 e. The number of alkyl carbamates (subject to hydrolysis) is 1. The van der Waals surface area contributed by atoms with E-state index in [2.05, 4.69) is 5.32 Å². The van der Waals surface area contributed by atoms with Crippen LogP contribution in [0, 0.1) is 11.7 Å². The van der Waals surface area contributed by atoms with Gasteiger partial charge in [0.25, 0.3) is 11.8 Å². The summed E-state index contributed by atoms with van der Waals surface area (Å²) in [6, 6.07) is 11.7. The fraction of sp³-hybridized carbons (Fsp3) is 0.227. The van der Waals surface area contributed by atoms with E-state index in [9.17, 15) is 23.9 Å². The number of nitrogens with one attached hydrogen (secondary N) is 2. The molecule has 0 aliphatic carbocycles. The molecule has 2 rings (SSSR count). The highest BCUT2D eigenvalue weighted by atomic mass is 19.1. The van der Waals surface area contributed by atoms with Gasteiger partial charge in [0.15, 0.2) is 11.6 Å². The van der Waals surface area contributed by atoms with Crippen molar-refractivity contribution in [3.63, 3.8) is 0 Å². The van der Waals surface area contributed by atoms with Crippen molar-refractivity contribution in [2.45, 2.75) is 25.9 Å². The van der Waals surface area contributed by atoms with Crippen molar-refractivity contribution in [3.8, 4) is 5.75 Å². The maximum atomic E-state index is 13.9. The molecule has 0 bridgehead atoms. The Hall–Kier alpha value is -3.72. The average molecular weight is 430 g/mol. The molecule has 0 saturated carbocycles. The van der Waals surface area contributed by atoms with E-state index in [0.29, 0.717) is 18.4 Å². The molecular weight excluding hydrogens is 407 g/mol. The van der Waals surface area contributed by atoms with E-state index in [4.69, 9.17) is 9.94 Å². The monoisotopic (exact) mass is 430 g/mol. The van der Waals surface area contributed by atoms with E-state index in [0.717, 1.165) is 18.2 Å². The molecule has 0 spiro atoms. The molecule has 0 heterocycles. The van der Waals surface area contributed by atoms with Crippen LogP contribution in [0.2, 0.25) is 0 Å². The minimum absolute atomic E-state index is 0.270. The van der Waals surface area contributed by atoms with Gasteiger partial charge in [-0.25, -0.2) is 14.7 Å². The first-order chi connectivity index (χ1) is 14.8. The molecule has 9 heteroatoms. The Labute approximate surface area is 178 Å². The molecule has 0 radical (unpaired) electrons. The first-order valence-electron chi connectivity index (χ1n) is 9.47. The molecule has 0 unspecified atom stereocenters. The molecule has 0 aliphatic heterocycles. The number of halogens is 1. The number of allylic oxidation sites excluding steroid dienone is 1. The minimum atomic E-state index is -1.01. The Balaban J connectivity index is 2.12. The zero-order chi connectivity index (χ0) is 22.8. The lowest BCUT2D eigenvalue weighted by Gasteiger charge is -2.24. The molecule has 2 aromatic carbocycles. The zero-order valence-corrected chi connectivity index (χ0v) is 16.7. The lowest BCUT2D eigenvalue weighted by Crippen LogP contribution is -2.33. The van der Waals surface area contributed by atoms with E-state index in [1.165, 1.54) is 29.8 Å². The molecule has 0 aliphatic rings. The fourth-order valence-electron chi connectivity index (χ4n) is 2.85. The van der Waals surface area contributed by atoms with Crippen LogP contribution in [0.25, 0.3) is 0 Å². The number of phenols is 1. The normalized spacial score (nSPS) is 12.7. The second kappa shape index (κ2) is 11.5. The van der Waals surface area contributed by atoms with Gasteiger partial charge in [0.1, 0.15) is 6.10 Å². The smallest absolute Gasteiger partial charge is 0.414 e. The van der Waals surface area contributed by atoms with Gasteiger partial charge in [-0.3, -0.25) is 20.1 Å². The van der Waals surface area contributed by atoms with Gasteiger partial charge in [0.05, 0.1) is 0 Å². The summed E-state index contributed by atoms with van der Waals surface area (Å²) >= 11 is 0. The van der Waals surface area contributed by atoms with Crippen LogP contribution in [0.5, 0.6) is 5.75 Å². The van der Waals surface area contributed by atoms with Crippen molar-refractivity contribution in [1.82, 2.24) is 10.8 Å². The molecule has 4 N–H and O–H groups in total. The Morgan fingerprint density at radius 2 is 1.87 bits per heavy atom. The molecule has 3 amide bonds.